The molecule has 0 atom stereocenters. The Kier molecular flexibility index (Phi) is 4.48. The molecule has 4 aliphatic rings. The molecule has 2 aromatic rings. The summed E-state index contributed by atoms with van der Waals surface area (Å²) >= 11 is 0. The average Bonchev–Trinajstić information content (AvgIpc) is 3.36. The summed E-state index contributed by atoms with van der Waals surface area (Å²) in [6.45, 7) is 3.09. The van der Waals surface area contributed by atoms with E-state index in [-0.39, 0.29) is 5.41 Å². The van der Waals surface area contributed by atoms with Crippen molar-refractivity contribution in [2.75, 3.05) is 6.61 Å². The van der Waals surface area contributed by atoms with E-state index in [1.807, 2.05) is 0 Å². The highest BCUT2D eigenvalue weighted by Gasteiger charge is 2.51. The van der Waals surface area contributed by atoms with Crippen molar-refractivity contribution in [3.63, 3.8) is 0 Å². The molecular weight excluding hydrogens is 346 g/mol. The van der Waals surface area contributed by atoms with Crippen molar-refractivity contribution < 1.29 is 4.74 Å². The minimum Gasteiger partial charge on any atom is -0.493 e. The normalized spacial score (nSPS) is 28.4. The van der Waals surface area contributed by atoms with Gasteiger partial charge in [-0.05, 0) is 56.4 Å². The molecule has 2 bridgehead atoms. The van der Waals surface area contributed by atoms with E-state index in [1.54, 1.807) is 0 Å². The molecule has 1 aromatic carbocycles. The van der Waals surface area contributed by atoms with Crippen LogP contribution in [-0.2, 0) is 18.9 Å². The molecule has 0 spiro atoms. The highest BCUT2D eigenvalue weighted by molar-refractivity contribution is 5.65. The SMILES string of the molecule is CCCCCC12CCC(c3nnc(-c4cccc5c4CCO5)n3C)(CC1)CC2. The summed E-state index contributed by atoms with van der Waals surface area (Å²) in [6, 6.07) is 6.33. The maximum absolute atomic E-state index is 5.76. The van der Waals surface area contributed by atoms with Crippen molar-refractivity contribution in [2.45, 2.75) is 83.0 Å². The molecule has 28 heavy (non-hydrogen) atoms. The quantitative estimate of drug-likeness (QED) is 0.614. The van der Waals surface area contributed by atoms with E-state index < -0.39 is 0 Å². The Labute approximate surface area is 168 Å². The molecule has 3 aliphatic carbocycles. The molecule has 0 amide bonds. The van der Waals surface area contributed by atoms with E-state index in [0.717, 1.165) is 24.6 Å². The lowest BCUT2D eigenvalue weighted by molar-refractivity contribution is 0.0250. The second-order valence-electron chi connectivity index (χ2n) is 9.52. The van der Waals surface area contributed by atoms with E-state index in [2.05, 4.69) is 41.8 Å². The van der Waals surface area contributed by atoms with Gasteiger partial charge in [-0.2, -0.15) is 0 Å². The molecule has 1 aromatic heterocycles. The van der Waals surface area contributed by atoms with Gasteiger partial charge in [0.2, 0.25) is 0 Å². The lowest BCUT2D eigenvalue weighted by Crippen LogP contribution is -2.45. The first-order chi connectivity index (χ1) is 13.7. The molecule has 4 heteroatoms. The van der Waals surface area contributed by atoms with E-state index in [9.17, 15) is 0 Å². The van der Waals surface area contributed by atoms with Gasteiger partial charge in [-0.15, -0.1) is 10.2 Å². The molecule has 3 fully saturated rings. The summed E-state index contributed by atoms with van der Waals surface area (Å²) in [5.74, 6) is 3.25. The van der Waals surface area contributed by atoms with Gasteiger partial charge in [-0.25, -0.2) is 0 Å². The number of rotatable bonds is 6. The lowest BCUT2D eigenvalue weighted by atomic mass is 9.52. The summed E-state index contributed by atoms with van der Waals surface area (Å²) in [7, 11) is 2.17. The second-order valence-corrected chi connectivity index (χ2v) is 9.52. The molecule has 4 nitrogen and oxygen atoms in total. The molecule has 1 aliphatic heterocycles. The van der Waals surface area contributed by atoms with Crippen LogP contribution in [0.3, 0.4) is 0 Å². The standard InChI is InChI=1S/C24H33N3O/c1-3-4-5-10-23-11-14-24(15-12-23,16-13-23)22-26-25-21(27(22)2)19-7-6-8-20-18(19)9-17-28-20/h6-8H,3-5,9-17H2,1-2H3. The Morgan fingerprint density at radius 1 is 1.04 bits per heavy atom. The zero-order valence-electron chi connectivity index (χ0n) is 17.5. The first-order valence-electron chi connectivity index (χ1n) is 11.3. The third-order valence-corrected chi connectivity index (χ3v) is 8.05. The fourth-order valence-corrected chi connectivity index (χ4v) is 6.18. The smallest absolute Gasteiger partial charge is 0.164 e. The highest BCUT2D eigenvalue weighted by Crippen LogP contribution is 2.59. The zero-order chi connectivity index (χ0) is 19.2. The van der Waals surface area contributed by atoms with Crippen LogP contribution >= 0.6 is 0 Å². The van der Waals surface area contributed by atoms with Crippen LogP contribution in [0, 0.1) is 5.41 Å². The molecule has 6 rings (SSSR count). The van der Waals surface area contributed by atoms with E-state index in [4.69, 9.17) is 9.84 Å². The molecular formula is C24H33N3O. The molecule has 0 unspecified atom stereocenters. The van der Waals surface area contributed by atoms with E-state index >= 15 is 0 Å². The predicted octanol–water partition coefficient (Wildman–Crippen LogP) is 5.59. The topological polar surface area (TPSA) is 39.9 Å². The summed E-state index contributed by atoms with van der Waals surface area (Å²) < 4.78 is 8.06. The van der Waals surface area contributed by atoms with Crippen LogP contribution in [0.15, 0.2) is 18.2 Å². The maximum Gasteiger partial charge on any atom is 0.164 e. The average molecular weight is 380 g/mol. The van der Waals surface area contributed by atoms with Crippen LogP contribution in [0.5, 0.6) is 5.75 Å². The Balaban J connectivity index is 1.40. The lowest BCUT2D eigenvalue weighted by Gasteiger charge is -2.53. The van der Waals surface area contributed by atoms with Crippen LogP contribution in [0.25, 0.3) is 11.4 Å². The first-order valence-corrected chi connectivity index (χ1v) is 11.3. The van der Waals surface area contributed by atoms with Gasteiger partial charge in [0.1, 0.15) is 11.6 Å². The first kappa shape index (κ1) is 18.2. The van der Waals surface area contributed by atoms with Crippen molar-refractivity contribution in [3.8, 4) is 17.1 Å². The number of hydrogen-bond acceptors (Lipinski definition) is 3. The number of aromatic nitrogens is 3. The molecule has 3 saturated carbocycles. The molecule has 2 heterocycles. The Morgan fingerprint density at radius 3 is 2.57 bits per heavy atom. The third kappa shape index (κ3) is 2.79. The van der Waals surface area contributed by atoms with Crippen molar-refractivity contribution in [3.05, 3.63) is 29.6 Å². The number of ether oxygens (including phenoxy) is 1. The minimum atomic E-state index is 0.251. The Hall–Kier alpha value is -1.84. The predicted molar refractivity (Wildman–Crippen MR) is 112 cm³/mol. The number of nitrogens with zero attached hydrogens (tertiary/aromatic N) is 3. The van der Waals surface area contributed by atoms with Gasteiger partial charge in [0.25, 0.3) is 0 Å². The maximum atomic E-state index is 5.76. The molecule has 0 saturated heterocycles. The molecule has 150 valence electrons. The van der Waals surface area contributed by atoms with E-state index in [0.29, 0.717) is 5.41 Å². The van der Waals surface area contributed by atoms with Gasteiger partial charge >= 0.3 is 0 Å². The fraction of sp³-hybridized carbons (Fsp3) is 0.667. The summed E-state index contributed by atoms with van der Waals surface area (Å²) in [6.07, 6.45) is 14.6. The summed E-state index contributed by atoms with van der Waals surface area (Å²) in [5.41, 5.74) is 3.38. The minimum absolute atomic E-state index is 0.251. The van der Waals surface area contributed by atoms with Crippen molar-refractivity contribution in [1.29, 1.82) is 0 Å². The van der Waals surface area contributed by atoms with Crippen molar-refractivity contribution in [1.82, 2.24) is 14.8 Å². The molecule has 0 N–H and O–H groups in total. The fourth-order valence-electron chi connectivity index (χ4n) is 6.18. The highest BCUT2D eigenvalue weighted by atomic mass is 16.5. The number of unbranched alkanes of at least 4 members (excludes halogenated alkanes) is 2. The van der Waals surface area contributed by atoms with Crippen molar-refractivity contribution >= 4 is 0 Å². The Bertz CT molecular complexity index is 844. The van der Waals surface area contributed by atoms with Gasteiger partial charge in [0.05, 0.1) is 6.61 Å². The monoisotopic (exact) mass is 379 g/mol. The second kappa shape index (κ2) is 6.89. The van der Waals surface area contributed by atoms with E-state index in [1.165, 1.54) is 81.2 Å². The third-order valence-electron chi connectivity index (χ3n) is 8.05. The Morgan fingerprint density at radius 2 is 1.82 bits per heavy atom. The number of benzene rings is 1. The zero-order valence-corrected chi connectivity index (χ0v) is 17.5. The van der Waals surface area contributed by atoms with Gasteiger partial charge in [-0.3, -0.25) is 0 Å². The van der Waals surface area contributed by atoms with Gasteiger partial charge in [0, 0.05) is 30.0 Å². The van der Waals surface area contributed by atoms with Crippen LogP contribution in [-0.4, -0.2) is 21.4 Å². The van der Waals surface area contributed by atoms with Gasteiger partial charge in [0.15, 0.2) is 5.82 Å². The summed E-state index contributed by atoms with van der Waals surface area (Å²) in [5, 5.41) is 9.46. The molecule has 0 radical (unpaired) electrons. The van der Waals surface area contributed by atoms with Gasteiger partial charge in [-0.1, -0.05) is 38.3 Å². The van der Waals surface area contributed by atoms with Crippen LogP contribution in [0.2, 0.25) is 0 Å². The summed E-state index contributed by atoms with van der Waals surface area (Å²) in [4.78, 5) is 0. The van der Waals surface area contributed by atoms with Gasteiger partial charge < -0.3 is 9.30 Å². The van der Waals surface area contributed by atoms with Crippen LogP contribution in [0.4, 0.5) is 0 Å². The largest absolute Gasteiger partial charge is 0.493 e. The van der Waals surface area contributed by atoms with Crippen LogP contribution < -0.4 is 4.74 Å². The number of fused-ring (bicyclic) bond motifs is 4. The van der Waals surface area contributed by atoms with Crippen LogP contribution in [0.1, 0.15) is 82.5 Å². The van der Waals surface area contributed by atoms with Crippen molar-refractivity contribution in [2.24, 2.45) is 12.5 Å². The number of hydrogen-bond donors (Lipinski definition) is 0.